The largest absolute Gasteiger partial charge is 0.325 e. The van der Waals surface area contributed by atoms with Crippen LogP contribution in [0.3, 0.4) is 0 Å². The zero-order chi connectivity index (χ0) is 14.5. The van der Waals surface area contributed by atoms with Gasteiger partial charge in [-0.1, -0.05) is 6.07 Å². The van der Waals surface area contributed by atoms with Crippen LogP contribution in [-0.2, 0) is 16.0 Å². The Morgan fingerprint density at radius 2 is 2.00 bits per heavy atom. The summed E-state index contributed by atoms with van der Waals surface area (Å²) in [7, 11) is 0. The normalized spacial score (nSPS) is 10.1. The molecule has 0 aliphatic heterocycles. The molecule has 1 aromatic heterocycles. The molecule has 0 saturated heterocycles. The third kappa shape index (κ3) is 3.89. The van der Waals surface area contributed by atoms with E-state index in [1.54, 1.807) is 0 Å². The minimum Gasteiger partial charge on any atom is -0.325 e. The van der Waals surface area contributed by atoms with Crippen LogP contribution >= 0.6 is 11.3 Å². The number of hydrogen-bond acceptors (Lipinski definition) is 3. The van der Waals surface area contributed by atoms with Gasteiger partial charge in [-0.05, 0) is 29.6 Å². The Kier molecular flexibility index (Phi) is 4.47. The Balaban J connectivity index is 2.12. The summed E-state index contributed by atoms with van der Waals surface area (Å²) in [5.74, 6) is -1.03. The number of carbonyl (C=O) groups is 2. The smallest absolute Gasteiger partial charge is 0.229 e. The van der Waals surface area contributed by atoms with Gasteiger partial charge in [-0.15, -0.1) is 11.3 Å². The van der Waals surface area contributed by atoms with Crippen molar-refractivity contribution in [2.24, 2.45) is 0 Å². The number of rotatable bonds is 4. The van der Waals surface area contributed by atoms with Gasteiger partial charge in [0.1, 0.15) is 5.82 Å². The third-order valence-corrected chi connectivity index (χ3v) is 3.36. The van der Waals surface area contributed by atoms with E-state index in [9.17, 15) is 14.0 Å². The zero-order valence-corrected chi connectivity index (χ0v) is 11.6. The number of hydrogen-bond donors (Lipinski definition) is 2. The van der Waals surface area contributed by atoms with Crippen molar-refractivity contribution in [3.63, 3.8) is 0 Å². The number of benzene rings is 1. The Bertz CT molecular complexity index is 626. The fraction of sp³-hybridized carbons (Fsp3) is 0.143. The zero-order valence-electron chi connectivity index (χ0n) is 10.8. The standard InChI is InChI=1S/C14H13FN2O2S/c1-9(18)16-12-5-4-10(15)7-13(12)17-14(19)8-11-3-2-6-20-11/h2-7H,8H2,1H3,(H,16,18)(H,17,19). The van der Waals surface area contributed by atoms with Gasteiger partial charge in [0.15, 0.2) is 0 Å². The highest BCUT2D eigenvalue weighted by molar-refractivity contribution is 7.10. The topological polar surface area (TPSA) is 58.2 Å². The van der Waals surface area contributed by atoms with Gasteiger partial charge in [0, 0.05) is 11.8 Å². The third-order valence-electron chi connectivity index (χ3n) is 2.48. The quantitative estimate of drug-likeness (QED) is 0.910. The Hall–Kier alpha value is -2.21. The molecule has 0 fully saturated rings. The maximum atomic E-state index is 13.3. The van der Waals surface area contributed by atoms with Gasteiger partial charge >= 0.3 is 0 Å². The van der Waals surface area contributed by atoms with E-state index < -0.39 is 5.82 Å². The molecule has 4 nitrogen and oxygen atoms in total. The van der Waals surface area contributed by atoms with Gasteiger partial charge in [-0.25, -0.2) is 4.39 Å². The maximum absolute atomic E-state index is 13.3. The number of nitrogens with one attached hydrogen (secondary N) is 2. The predicted molar refractivity (Wildman–Crippen MR) is 77.4 cm³/mol. The van der Waals surface area contributed by atoms with E-state index in [1.165, 1.54) is 36.5 Å². The first-order valence-electron chi connectivity index (χ1n) is 5.94. The molecule has 0 aliphatic rings. The molecule has 0 bridgehead atoms. The van der Waals surface area contributed by atoms with Crippen molar-refractivity contribution < 1.29 is 14.0 Å². The summed E-state index contributed by atoms with van der Waals surface area (Å²) in [5.41, 5.74) is 0.625. The summed E-state index contributed by atoms with van der Waals surface area (Å²) in [6.45, 7) is 1.35. The van der Waals surface area contributed by atoms with Crippen molar-refractivity contribution >= 4 is 34.5 Å². The Morgan fingerprint density at radius 3 is 2.65 bits per heavy atom. The lowest BCUT2D eigenvalue weighted by molar-refractivity contribution is -0.116. The SMILES string of the molecule is CC(=O)Nc1ccc(F)cc1NC(=O)Cc1cccs1. The van der Waals surface area contributed by atoms with Crippen molar-refractivity contribution in [1.82, 2.24) is 0 Å². The number of halogens is 1. The molecule has 2 N–H and O–H groups in total. The molecule has 2 amide bonds. The molecule has 1 aromatic carbocycles. The molecule has 104 valence electrons. The van der Waals surface area contributed by atoms with E-state index in [1.807, 2.05) is 17.5 Å². The summed E-state index contributed by atoms with van der Waals surface area (Å²) >= 11 is 1.48. The fourth-order valence-electron chi connectivity index (χ4n) is 1.68. The van der Waals surface area contributed by atoms with Crippen molar-refractivity contribution in [2.45, 2.75) is 13.3 Å². The van der Waals surface area contributed by atoms with Crippen molar-refractivity contribution in [1.29, 1.82) is 0 Å². The van der Waals surface area contributed by atoms with Crippen LogP contribution in [0.4, 0.5) is 15.8 Å². The van der Waals surface area contributed by atoms with Gasteiger partial charge < -0.3 is 10.6 Å². The minimum atomic E-state index is -0.481. The van der Waals surface area contributed by atoms with E-state index in [4.69, 9.17) is 0 Å². The molecule has 0 unspecified atom stereocenters. The van der Waals surface area contributed by atoms with Crippen molar-refractivity contribution in [3.05, 3.63) is 46.4 Å². The molecule has 0 aliphatic carbocycles. The van der Waals surface area contributed by atoms with Crippen molar-refractivity contribution in [3.8, 4) is 0 Å². The number of amides is 2. The average molecular weight is 292 g/mol. The summed E-state index contributed by atoms with van der Waals surface area (Å²) in [4.78, 5) is 23.9. The molecular formula is C14H13FN2O2S. The molecule has 0 saturated carbocycles. The number of thiophene rings is 1. The summed E-state index contributed by atoms with van der Waals surface area (Å²) in [6.07, 6.45) is 0.216. The molecular weight excluding hydrogens is 279 g/mol. The highest BCUT2D eigenvalue weighted by Crippen LogP contribution is 2.23. The molecule has 2 aromatic rings. The average Bonchev–Trinajstić information content (AvgIpc) is 2.84. The van der Waals surface area contributed by atoms with E-state index >= 15 is 0 Å². The van der Waals surface area contributed by atoms with Gasteiger partial charge in [-0.2, -0.15) is 0 Å². The lowest BCUT2D eigenvalue weighted by Crippen LogP contribution is -2.16. The Morgan fingerprint density at radius 1 is 1.20 bits per heavy atom. The molecule has 6 heteroatoms. The van der Waals surface area contributed by atoms with Gasteiger partial charge in [-0.3, -0.25) is 9.59 Å². The second-order valence-electron chi connectivity index (χ2n) is 4.18. The van der Waals surface area contributed by atoms with Crippen LogP contribution in [0.15, 0.2) is 35.7 Å². The lowest BCUT2D eigenvalue weighted by atomic mass is 10.2. The first kappa shape index (κ1) is 14.2. The van der Waals surface area contributed by atoms with Crippen LogP contribution in [0.5, 0.6) is 0 Å². The molecule has 0 atom stereocenters. The summed E-state index contributed by atoms with van der Waals surface area (Å²) < 4.78 is 13.3. The fourth-order valence-corrected chi connectivity index (χ4v) is 2.39. The molecule has 0 spiro atoms. The van der Waals surface area contributed by atoms with Crippen LogP contribution in [0.25, 0.3) is 0 Å². The number of carbonyl (C=O) groups excluding carboxylic acids is 2. The second kappa shape index (κ2) is 6.29. The maximum Gasteiger partial charge on any atom is 0.229 e. The number of anilines is 2. The van der Waals surface area contributed by atoms with Gasteiger partial charge in [0.2, 0.25) is 11.8 Å². The minimum absolute atomic E-state index is 0.216. The predicted octanol–water partition coefficient (Wildman–Crippen LogP) is 3.03. The van der Waals surface area contributed by atoms with Crippen LogP contribution in [0.1, 0.15) is 11.8 Å². The lowest BCUT2D eigenvalue weighted by Gasteiger charge is -2.11. The molecule has 1 heterocycles. The summed E-state index contributed by atoms with van der Waals surface area (Å²) in [5, 5.41) is 7.04. The first-order chi connectivity index (χ1) is 9.54. The van der Waals surface area contributed by atoms with E-state index in [2.05, 4.69) is 10.6 Å². The van der Waals surface area contributed by atoms with Gasteiger partial charge in [0.25, 0.3) is 0 Å². The van der Waals surface area contributed by atoms with Crippen LogP contribution < -0.4 is 10.6 Å². The van der Waals surface area contributed by atoms with Crippen LogP contribution in [-0.4, -0.2) is 11.8 Å². The molecule has 20 heavy (non-hydrogen) atoms. The van der Waals surface area contributed by atoms with E-state index in [0.717, 1.165) is 4.88 Å². The van der Waals surface area contributed by atoms with E-state index in [0.29, 0.717) is 5.69 Å². The van der Waals surface area contributed by atoms with Gasteiger partial charge in [0.05, 0.1) is 17.8 Å². The first-order valence-corrected chi connectivity index (χ1v) is 6.82. The Labute approximate surface area is 119 Å². The molecule has 2 rings (SSSR count). The van der Waals surface area contributed by atoms with E-state index in [-0.39, 0.29) is 23.9 Å². The molecule has 0 radical (unpaired) electrons. The highest BCUT2D eigenvalue weighted by Gasteiger charge is 2.10. The van der Waals surface area contributed by atoms with Crippen LogP contribution in [0.2, 0.25) is 0 Å². The van der Waals surface area contributed by atoms with Crippen LogP contribution in [0, 0.1) is 5.82 Å². The second-order valence-corrected chi connectivity index (χ2v) is 5.21. The highest BCUT2D eigenvalue weighted by atomic mass is 32.1. The summed E-state index contributed by atoms with van der Waals surface area (Å²) in [6, 6.07) is 7.53. The van der Waals surface area contributed by atoms with Crippen molar-refractivity contribution in [2.75, 3.05) is 10.6 Å². The monoisotopic (exact) mass is 292 g/mol.